The van der Waals surface area contributed by atoms with E-state index in [0.29, 0.717) is 0 Å². The van der Waals surface area contributed by atoms with Crippen LogP contribution in [-0.2, 0) is 18.6 Å². The average Bonchev–Trinajstić information content (AvgIpc) is 3.37. The number of imidazole rings is 1. The lowest BCUT2D eigenvalue weighted by Gasteiger charge is -2.24. The van der Waals surface area contributed by atoms with Crippen LogP contribution in [0.5, 0.6) is 0 Å². The molecule has 0 saturated carbocycles. The molecule has 2 aliphatic rings. The Morgan fingerprint density at radius 2 is 1.43 bits per heavy atom. The number of anilines is 1. The third kappa shape index (κ3) is 5.29. The fourth-order valence-electron chi connectivity index (χ4n) is 3.63. The Hall–Kier alpha value is -1.54. The van der Waals surface area contributed by atoms with E-state index in [2.05, 4.69) is 10.3 Å². The normalized spacial score (nSPS) is 35.7. The van der Waals surface area contributed by atoms with Crippen LogP contribution in [0.4, 0.5) is 5.82 Å². The Morgan fingerprint density at radius 1 is 0.943 bits per heavy atom. The van der Waals surface area contributed by atoms with Gasteiger partial charge in [0.05, 0.1) is 6.33 Å². The number of aromatic nitrogens is 2. The molecule has 2 fully saturated rings. The zero-order chi connectivity index (χ0) is 26.6. The molecule has 21 heteroatoms. The fraction of sp³-hybridized carbons (Fsp3) is 0.714. The van der Waals surface area contributed by atoms with Gasteiger partial charge in [0.25, 0.3) is 5.91 Å². The molecule has 2 saturated heterocycles. The highest BCUT2D eigenvalue weighted by Gasteiger charge is 2.53. The van der Waals surface area contributed by atoms with Crippen molar-refractivity contribution in [3.63, 3.8) is 0 Å². The smallest absolute Gasteiger partial charge is 0.356 e. The van der Waals surface area contributed by atoms with Crippen molar-refractivity contribution in [1.29, 1.82) is 0 Å². The number of hydrogen-bond donors (Lipinski definition) is 12. The molecule has 3 rings (SSSR count). The average molecular weight is 550 g/mol. The van der Waals surface area contributed by atoms with Crippen molar-refractivity contribution in [3.8, 4) is 0 Å². The molecule has 2 aliphatic heterocycles. The Balaban J connectivity index is 1.92. The first-order chi connectivity index (χ1) is 16.0. The number of nitrogens with one attached hydrogen (secondary N) is 1. The second-order valence-corrected chi connectivity index (χ2v) is 11.3. The number of ether oxygens (including phenoxy) is 2. The maximum absolute atomic E-state index is 11.8. The lowest BCUT2D eigenvalue weighted by molar-refractivity contribution is -0.0675. The summed E-state index contributed by atoms with van der Waals surface area (Å²) in [5.74, 6) is -6.77. The number of carbonyl (C=O) groups is 1. The number of rotatable bonds is 8. The number of carbonyl (C=O) groups excluding carboxylic acids is 1. The first-order valence-corrected chi connectivity index (χ1v) is 13.0. The van der Waals surface area contributed by atoms with Crippen LogP contribution in [0, 0.1) is 0 Å². The predicted octanol–water partition coefficient (Wildman–Crippen LogP) is -5.55. The van der Waals surface area contributed by atoms with Gasteiger partial charge in [-0.25, -0.2) is 4.98 Å². The molecule has 0 bridgehead atoms. The highest BCUT2D eigenvalue weighted by atomic mass is 31.2. The van der Waals surface area contributed by atoms with Crippen LogP contribution in [0.3, 0.4) is 0 Å². The van der Waals surface area contributed by atoms with Gasteiger partial charge in [-0.05, 0) is 0 Å². The Kier molecular flexibility index (Phi) is 7.79. The third-order valence-electron chi connectivity index (χ3n) is 5.43. The molecule has 35 heavy (non-hydrogen) atoms. The third-order valence-corrected chi connectivity index (χ3v) is 7.40. The Labute approximate surface area is 194 Å². The molecule has 1 aromatic rings. The molecule has 1 amide bonds. The number of amides is 1. The Morgan fingerprint density at radius 3 is 1.91 bits per heavy atom. The van der Waals surface area contributed by atoms with Gasteiger partial charge < -0.3 is 70.7 Å². The SMILES string of the molecule is NC(=O)c1ncn(C2O[C@H](C(O)P(=O)(O)O)[C@@H](O)[C@H]2O)c1NC1O[C@H](C(O)P(=O)(O)O)[C@@H](O)[C@H]1O. The minimum atomic E-state index is -5.20. The molecule has 13 N–H and O–H groups in total. The highest BCUT2D eigenvalue weighted by molar-refractivity contribution is 7.52. The molecule has 10 atom stereocenters. The van der Waals surface area contributed by atoms with Gasteiger partial charge in [0.15, 0.2) is 29.8 Å². The second-order valence-electron chi connectivity index (χ2n) is 7.84. The fourth-order valence-corrected chi connectivity index (χ4v) is 4.89. The molecule has 0 radical (unpaired) electrons. The monoisotopic (exact) mass is 550 g/mol. The summed E-state index contributed by atoms with van der Waals surface area (Å²) in [6, 6.07) is 0. The predicted molar refractivity (Wildman–Crippen MR) is 107 cm³/mol. The molecule has 19 nitrogen and oxygen atoms in total. The minimum absolute atomic E-state index is 0.498. The van der Waals surface area contributed by atoms with E-state index in [1.54, 1.807) is 0 Å². The molecule has 3 heterocycles. The minimum Gasteiger partial charge on any atom is -0.387 e. The summed E-state index contributed by atoms with van der Waals surface area (Å²) in [5, 5.41) is 62.7. The van der Waals surface area contributed by atoms with Gasteiger partial charge in [0, 0.05) is 0 Å². The van der Waals surface area contributed by atoms with Crippen LogP contribution in [0.15, 0.2) is 6.33 Å². The molecule has 4 unspecified atom stereocenters. The zero-order valence-corrected chi connectivity index (χ0v) is 19.0. The van der Waals surface area contributed by atoms with Crippen LogP contribution in [0.2, 0.25) is 0 Å². The van der Waals surface area contributed by atoms with E-state index in [4.69, 9.17) is 34.8 Å². The van der Waals surface area contributed by atoms with Crippen LogP contribution < -0.4 is 11.1 Å². The lowest BCUT2D eigenvalue weighted by atomic mass is 10.1. The summed E-state index contributed by atoms with van der Waals surface area (Å²) in [5.41, 5.74) is 4.66. The van der Waals surface area contributed by atoms with Crippen molar-refractivity contribution in [2.24, 2.45) is 5.73 Å². The van der Waals surface area contributed by atoms with Crippen molar-refractivity contribution in [1.82, 2.24) is 9.55 Å². The molecule has 0 spiro atoms. The van der Waals surface area contributed by atoms with Crippen molar-refractivity contribution < 1.29 is 73.6 Å². The van der Waals surface area contributed by atoms with Crippen LogP contribution >= 0.6 is 15.2 Å². The standard InChI is InChI=1S/C14H24N4O15P2/c15-9(23)2-10(17-11-5(21)3(19)7(32-11)13(24)34(26,27)28)18(1-16-2)12-6(22)4(20)8(33-12)14(25)35(29,30)31/h1,3-8,11-14,17,19-22,24-25H,(H2,15,23)(H2,26,27,28)(H2,29,30,31)/t3-,4-,5+,6+,7-,8-,11?,12?,13?,14?/m0/s1. The number of hydrogen-bond acceptors (Lipinski definition) is 13. The highest BCUT2D eigenvalue weighted by Crippen LogP contribution is 2.47. The van der Waals surface area contributed by atoms with E-state index in [0.717, 1.165) is 10.9 Å². The second kappa shape index (κ2) is 9.73. The van der Waals surface area contributed by atoms with Crippen molar-refractivity contribution in [3.05, 3.63) is 12.0 Å². The van der Waals surface area contributed by atoms with Gasteiger partial charge in [-0.2, -0.15) is 0 Å². The maximum Gasteiger partial charge on any atom is 0.356 e. The number of aliphatic hydroxyl groups excluding tert-OH is 6. The molecule has 1 aromatic heterocycles. The maximum atomic E-state index is 11.8. The largest absolute Gasteiger partial charge is 0.387 e. The van der Waals surface area contributed by atoms with E-state index in [1.165, 1.54) is 0 Å². The summed E-state index contributed by atoms with van der Waals surface area (Å²) in [4.78, 5) is 52.1. The van der Waals surface area contributed by atoms with Gasteiger partial charge in [0.2, 0.25) is 0 Å². The van der Waals surface area contributed by atoms with Crippen molar-refractivity contribution in [2.45, 2.75) is 60.8 Å². The summed E-state index contributed by atoms with van der Waals surface area (Å²) in [6.45, 7) is 0. The molecular formula is C14H24N4O15P2. The van der Waals surface area contributed by atoms with Gasteiger partial charge in [0.1, 0.15) is 42.4 Å². The van der Waals surface area contributed by atoms with Gasteiger partial charge in [-0.15, -0.1) is 0 Å². The van der Waals surface area contributed by atoms with E-state index >= 15 is 0 Å². The topological polar surface area (TPSA) is 328 Å². The molecule has 0 aromatic carbocycles. The van der Waals surface area contributed by atoms with E-state index < -0.39 is 93.4 Å². The van der Waals surface area contributed by atoms with Gasteiger partial charge >= 0.3 is 15.2 Å². The van der Waals surface area contributed by atoms with Crippen LogP contribution in [0.1, 0.15) is 16.7 Å². The molecular weight excluding hydrogens is 526 g/mol. The lowest BCUT2D eigenvalue weighted by Crippen LogP contribution is -2.39. The number of primary amides is 1. The number of aliphatic hydroxyl groups is 6. The first kappa shape index (κ1) is 28.0. The zero-order valence-electron chi connectivity index (χ0n) is 17.2. The quantitative estimate of drug-likeness (QED) is 0.134. The van der Waals surface area contributed by atoms with E-state index in [1.807, 2.05) is 0 Å². The van der Waals surface area contributed by atoms with Gasteiger partial charge in [-0.3, -0.25) is 18.5 Å². The van der Waals surface area contributed by atoms with Crippen LogP contribution in [0.25, 0.3) is 0 Å². The van der Waals surface area contributed by atoms with Crippen molar-refractivity contribution >= 4 is 26.9 Å². The van der Waals surface area contributed by atoms with E-state index in [9.17, 15) is 44.6 Å². The summed E-state index contributed by atoms with van der Waals surface area (Å²) >= 11 is 0. The summed E-state index contributed by atoms with van der Waals surface area (Å²) < 4.78 is 33.8. The van der Waals surface area contributed by atoms with Crippen molar-refractivity contribution in [2.75, 3.05) is 5.32 Å². The van der Waals surface area contributed by atoms with Gasteiger partial charge in [-0.1, -0.05) is 0 Å². The number of nitrogens with two attached hydrogens (primary N) is 1. The molecule has 0 aliphatic carbocycles. The van der Waals surface area contributed by atoms with E-state index in [-0.39, 0.29) is 0 Å². The van der Waals surface area contributed by atoms with Crippen LogP contribution in [-0.4, -0.2) is 120 Å². The molecule has 200 valence electrons. The number of nitrogens with zero attached hydrogens (tertiary/aromatic N) is 2. The first-order valence-electron chi connectivity index (χ1n) is 9.59. The Bertz CT molecular complexity index is 1040. The summed E-state index contributed by atoms with van der Waals surface area (Å²) in [6.07, 6.45) is -14.6. The summed E-state index contributed by atoms with van der Waals surface area (Å²) in [7, 11) is -10.4.